The zero-order valence-corrected chi connectivity index (χ0v) is 10.5. The molecule has 0 atom stereocenters. The average Bonchev–Trinajstić information content (AvgIpc) is 2.46. The Morgan fingerprint density at radius 1 is 1.00 bits per heavy atom. The first-order valence-electron chi connectivity index (χ1n) is 5.72. The van der Waals surface area contributed by atoms with Crippen LogP contribution in [0.3, 0.4) is 0 Å². The highest BCUT2D eigenvalue weighted by molar-refractivity contribution is 5.52. The van der Waals surface area contributed by atoms with E-state index < -0.39 is 11.7 Å². The SMILES string of the molecule is N#Cc1cc(N=Nc2cccc(C(F)(F)F)c2)ccc1O. The minimum Gasteiger partial charge on any atom is -0.507 e. The highest BCUT2D eigenvalue weighted by Gasteiger charge is 2.30. The van der Waals surface area contributed by atoms with Crippen molar-refractivity contribution in [3.63, 3.8) is 0 Å². The van der Waals surface area contributed by atoms with Crippen LogP contribution in [0.2, 0.25) is 0 Å². The Morgan fingerprint density at radius 2 is 1.67 bits per heavy atom. The summed E-state index contributed by atoms with van der Waals surface area (Å²) in [7, 11) is 0. The molecule has 0 bridgehead atoms. The van der Waals surface area contributed by atoms with Crippen molar-refractivity contribution in [1.82, 2.24) is 0 Å². The van der Waals surface area contributed by atoms with Crippen molar-refractivity contribution in [3.8, 4) is 11.8 Å². The van der Waals surface area contributed by atoms with Crippen LogP contribution in [0.5, 0.6) is 5.75 Å². The summed E-state index contributed by atoms with van der Waals surface area (Å²) in [4.78, 5) is 0. The van der Waals surface area contributed by atoms with Gasteiger partial charge in [0.25, 0.3) is 0 Å². The summed E-state index contributed by atoms with van der Waals surface area (Å²) < 4.78 is 37.6. The van der Waals surface area contributed by atoms with Crippen LogP contribution >= 0.6 is 0 Å². The zero-order valence-electron chi connectivity index (χ0n) is 10.5. The topological polar surface area (TPSA) is 68.7 Å². The maximum atomic E-state index is 12.5. The lowest BCUT2D eigenvalue weighted by Crippen LogP contribution is -2.03. The smallest absolute Gasteiger partial charge is 0.416 e. The molecule has 106 valence electrons. The van der Waals surface area contributed by atoms with Gasteiger partial charge in [0, 0.05) is 0 Å². The Morgan fingerprint density at radius 3 is 2.29 bits per heavy atom. The molecule has 0 aliphatic heterocycles. The van der Waals surface area contributed by atoms with Gasteiger partial charge in [0.1, 0.15) is 11.8 Å². The number of nitrogens with zero attached hydrogens (tertiary/aromatic N) is 3. The van der Waals surface area contributed by atoms with Gasteiger partial charge in [-0.1, -0.05) is 6.07 Å². The van der Waals surface area contributed by atoms with Crippen LogP contribution in [-0.2, 0) is 6.18 Å². The van der Waals surface area contributed by atoms with Crippen LogP contribution < -0.4 is 0 Å². The van der Waals surface area contributed by atoms with E-state index in [9.17, 15) is 18.3 Å². The molecule has 1 N–H and O–H groups in total. The number of aromatic hydroxyl groups is 1. The van der Waals surface area contributed by atoms with Gasteiger partial charge in [-0.15, -0.1) is 0 Å². The molecule has 0 aliphatic carbocycles. The maximum absolute atomic E-state index is 12.5. The van der Waals surface area contributed by atoms with Crippen molar-refractivity contribution in [2.75, 3.05) is 0 Å². The lowest BCUT2D eigenvalue weighted by atomic mass is 10.2. The lowest BCUT2D eigenvalue weighted by molar-refractivity contribution is -0.137. The molecule has 0 saturated carbocycles. The van der Waals surface area contributed by atoms with Crippen LogP contribution in [0.4, 0.5) is 24.5 Å². The summed E-state index contributed by atoms with van der Waals surface area (Å²) in [6.45, 7) is 0. The van der Waals surface area contributed by atoms with Gasteiger partial charge in [0.05, 0.1) is 22.5 Å². The molecule has 0 aliphatic rings. The van der Waals surface area contributed by atoms with E-state index in [1.807, 2.05) is 0 Å². The molecule has 0 amide bonds. The third-order valence-corrected chi connectivity index (χ3v) is 2.56. The molecule has 2 rings (SSSR count). The molecule has 0 spiro atoms. The predicted molar refractivity (Wildman–Crippen MR) is 68.4 cm³/mol. The van der Waals surface area contributed by atoms with Gasteiger partial charge in [-0.05, 0) is 36.4 Å². The molecular weight excluding hydrogens is 283 g/mol. The van der Waals surface area contributed by atoms with Crippen molar-refractivity contribution in [2.24, 2.45) is 10.2 Å². The van der Waals surface area contributed by atoms with Gasteiger partial charge in [0.15, 0.2) is 0 Å². The second-order valence-electron chi connectivity index (χ2n) is 4.06. The third-order valence-electron chi connectivity index (χ3n) is 2.56. The first kappa shape index (κ1) is 14.5. The largest absolute Gasteiger partial charge is 0.507 e. The molecular formula is C14H8F3N3O. The Balaban J connectivity index is 2.28. The highest BCUT2D eigenvalue weighted by Crippen LogP contribution is 2.32. The number of alkyl halides is 3. The number of rotatable bonds is 2. The Bertz CT molecular complexity index is 733. The average molecular weight is 291 g/mol. The normalized spacial score (nSPS) is 11.5. The molecule has 4 nitrogen and oxygen atoms in total. The van der Waals surface area contributed by atoms with E-state index in [0.29, 0.717) is 0 Å². The second kappa shape index (κ2) is 5.63. The van der Waals surface area contributed by atoms with E-state index in [4.69, 9.17) is 5.26 Å². The maximum Gasteiger partial charge on any atom is 0.416 e. The molecule has 2 aromatic rings. The predicted octanol–water partition coefficient (Wildman–Crippen LogP) is 4.70. The number of halogens is 3. The van der Waals surface area contributed by atoms with Gasteiger partial charge in [0.2, 0.25) is 0 Å². The van der Waals surface area contributed by atoms with Gasteiger partial charge in [-0.3, -0.25) is 0 Å². The van der Waals surface area contributed by atoms with Crippen molar-refractivity contribution < 1.29 is 18.3 Å². The van der Waals surface area contributed by atoms with E-state index >= 15 is 0 Å². The summed E-state index contributed by atoms with van der Waals surface area (Å²) in [5.74, 6) is -0.199. The minimum atomic E-state index is -4.45. The second-order valence-corrected chi connectivity index (χ2v) is 4.06. The molecule has 0 fully saturated rings. The van der Waals surface area contributed by atoms with Gasteiger partial charge >= 0.3 is 6.18 Å². The Hall–Kier alpha value is -2.88. The molecule has 0 unspecified atom stereocenters. The van der Waals surface area contributed by atoms with Gasteiger partial charge in [-0.2, -0.15) is 28.7 Å². The number of hydrogen-bond acceptors (Lipinski definition) is 4. The fraction of sp³-hybridized carbons (Fsp3) is 0.0714. The number of nitriles is 1. The van der Waals surface area contributed by atoms with Gasteiger partial charge < -0.3 is 5.11 Å². The summed E-state index contributed by atoms with van der Waals surface area (Å²) in [6.07, 6.45) is -4.45. The first-order chi connectivity index (χ1) is 9.90. The van der Waals surface area contributed by atoms with E-state index in [2.05, 4.69) is 10.2 Å². The van der Waals surface area contributed by atoms with Crippen molar-refractivity contribution >= 4 is 11.4 Å². The lowest BCUT2D eigenvalue weighted by Gasteiger charge is -2.05. The van der Waals surface area contributed by atoms with E-state index in [-0.39, 0.29) is 22.7 Å². The molecule has 0 heterocycles. The molecule has 7 heteroatoms. The number of phenolic OH excluding ortho intramolecular Hbond substituents is 1. The minimum absolute atomic E-state index is 0.00972. The van der Waals surface area contributed by atoms with Crippen LogP contribution in [0.25, 0.3) is 0 Å². The summed E-state index contributed by atoms with van der Waals surface area (Å²) in [6, 6.07) is 10.1. The summed E-state index contributed by atoms with van der Waals surface area (Å²) in [5.41, 5.74) is -0.518. The number of hydrogen-bond donors (Lipinski definition) is 1. The first-order valence-corrected chi connectivity index (χ1v) is 5.72. The molecule has 0 aromatic heterocycles. The van der Waals surface area contributed by atoms with Crippen LogP contribution in [0.1, 0.15) is 11.1 Å². The summed E-state index contributed by atoms with van der Waals surface area (Å²) >= 11 is 0. The van der Waals surface area contributed by atoms with Gasteiger partial charge in [-0.25, -0.2) is 0 Å². The zero-order chi connectivity index (χ0) is 15.5. The molecule has 2 aromatic carbocycles. The molecule has 0 radical (unpaired) electrons. The molecule has 0 saturated heterocycles. The van der Waals surface area contributed by atoms with E-state index in [1.165, 1.54) is 30.3 Å². The third kappa shape index (κ3) is 3.57. The standard InChI is InChI=1S/C14H8F3N3O/c15-14(16,17)10-2-1-3-11(7-10)19-20-12-4-5-13(21)9(6-12)8-18/h1-7,21H. The number of benzene rings is 2. The van der Waals surface area contributed by atoms with Crippen LogP contribution in [-0.4, -0.2) is 5.11 Å². The van der Waals surface area contributed by atoms with E-state index in [1.54, 1.807) is 6.07 Å². The fourth-order valence-electron chi connectivity index (χ4n) is 1.54. The Kier molecular flexibility index (Phi) is 3.89. The highest BCUT2D eigenvalue weighted by atomic mass is 19.4. The van der Waals surface area contributed by atoms with E-state index in [0.717, 1.165) is 12.1 Å². The number of azo groups is 1. The molecule has 21 heavy (non-hydrogen) atoms. The Labute approximate surface area is 117 Å². The van der Waals surface area contributed by atoms with Crippen LogP contribution in [0, 0.1) is 11.3 Å². The van der Waals surface area contributed by atoms with Crippen LogP contribution in [0.15, 0.2) is 52.7 Å². The fourth-order valence-corrected chi connectivity index (χ4v) is 1.54. The van der Waals surface area contributed by atoms with Crippen molar-refractivity contribution in [1.29, 1.82) is 5.26 Å². The quantitative estimate of drug-likeness (QED) is 0.815. The summed E-state index contributed by atoms with van der Waals surface area (Å²) in [5, 5.41) is 25.5. The van der Waals surface area contributed by atoms with Crippen molar-refractivity contribution in [2.45, 2.75) is 6.18 Å². The monoisotopic (exact) mass is 291 g/mol. The van der Waals surface area contributed by atoms with Crippen molar-refractivity contribution in [3.05, 3.63) is 53.6 Å². The number of phenols is 1.